The van der Waals surface area contributed by atoms with Crippen LogP contribution in [0.4, 0.5) is 0 Å². The first-order chi connectivity index (χ1) is 6.81. The molecule has 7 heteroatoms. The number of carbonyl (C=O) groups excluding carboxylic acids is 3. The maximum Gasteiger partial charge on any atom is 0.346 e. The Kier molecular flexibility index (Phi) is 4.59. The largest absolute Gasteiger partial charge is 0.481 e. The third-order valence-electron chi connectivity index (χ3n) is 1.48. The molecule has 0 radical (unpaired) electrons. The summed E-state index contributed by atoms with van der Waals surface area (Å²) in [7, 11) is 0. The molecule has 7 nitrogen and oxygen atoms in total. The Morgan fingerprint density at radius 3 is 2.27 bits per heavy atom. The van der Waals surface area contributed by atoms with Gasteiger partial charge in [0.05, 0.1) is 6.42 Å². The van der Waals surface area contributed by atoms with Crippen LogP contribution < -0.4 is 0 Å². The highest BCUT2D eigenvalue weighted by Crippen LogP contribution is 2.16. The van der Waals surface area contributed by atoms with Crippen LogP contribution in [0.1, 0.15) is 19.8 Å². The zero-order chi connectivity index (χ0) is 12.1. The number of carboxylic acids is 1. The van der Waals surface area contributed by atoms with Crippen molar-refractivity contribution in [2.24, 2.45) is 0 Å². The van der Waals surface area contributed by atoms with Gasteiger partial charge in [-0.1, -0.05) is 0 Å². The quantitative estimate of drug-likeness (QED) is 0.340. The Labute approximate surface area is 84.6 Å². The van der Waals surface area contributed by atoms with E-state index in [1.807, 2.05) is 0 Å². The summed E-state index contributed by atoms with van der Waals surface area (Å²) < 4.78 is 4.02. The number of ether oxygens (including phenoxy) is 1. The minimum absolute atomic E-state index is 0.171. The van der Waals surface area contributed by atoms with Gasteiger partial charge in [0.25, 0.3) is 0 Å². The summed E-state index contributed by atoms with van der Waals surface area (Å²) in [5, 5.41) is 17.9. The number of aliphatic carboxylic acids is 1. The molecule has 0 rings (SSSR count). The van der Waals surface area contributed by atoms with E-state index in [-0.39, 0.29) is 6.29 Å². The standard InChI is InChI=1S/C8H10O7/c1-5(10)15-7(13)8(14,2-3-9)4-6(11)12/h3,14H,2,4H2,1H3,(H,11,12). The monoisotopic (exact) mass is 218 g/mol. The zero-order valence-corrected chi connectivity index (χ0v) is 7.93. The number of carboxylic acid groups (broad SMARTS) is 1. The highest BCUT2D eigenvalue weighted by atomic mass is 16.6. The van der Waals surface area contributed by atoms with Crippen LogP contribution in [-0.2, 0) is 23.9 Å². The van der Waals surface area contributed by atoms with E-state index < -0.39 is 36.4 Å². The number of esters is 2. The van der Waals surface area contributed by atoms with Gasteiger partial charge in [0, 0.05) is 13.3 Å². The second kappa shape index (κ2) is 5.20. The van der Waals surface area contributed by atoms with Gasteiger partial charge < -0.3 is 19.7 Å². The van der Waals surface area contributed by atoms with Crippen molar-refractivity contribution in [2.45, 2.75) is 25.4 Å². The fraction of sp³-hybridized carbons (Fsp3) is 0.500. The molecule has 0 aromatic heterocycles. The van der Waals surface area contributed by atoms with Gasteiger partial charge in [0.2, 0.25) is 0 Å². The highest BCUT2D eigenvalue weighted by molar-refractivity contribution is 5.93. The Bertz CT molecular complexity index is 295. The Morgan fingerprint density at radius 2 is 1.93 bits per heavy atom. The number of rotatable bonds is 5. The molecule has 84 valence electrons. The third kappa shape index (κ3) is 4.32. The molecule has 0 aromatic carbocycles. The van der Waals surface area contributed by atoms with Crippen molar-refractivity contribution in [2.75, 3.05) is 0 Å². The zero-order valence-electron chi connectivity index (χ0n) is 7.93. The van der Waals surface area contributed by atoms with Gasteiger partial charge in [-0.2, -0.15) is 0 Å². The van der Waals surface area contributed by atoms with E-state index >= 15 is 0 Å². The number of hydrogen-bond acceptors (Lipinski definition) is 6. The lowest BCUT2D eigenvalue weighted by Gasteiger charge is -2.20. The van der Waals surface area contributed by atoms with E-state index in [2.05, 4.69) is 4.74 Å². The smallest absolute Gasteiger partial charge is 0.346 e. The first-order valence-corrected chi connectivity index (χ1v) is 3.92. The van der Waals surface area contributed by atoms with Crippen molar-refractivity contribution in [3.63, 3.8) is 0 Å². The normalized spacial score (nSPS) is 13.7. The molecule has 0 saturated carbocycles. The van der Waals surface area contributed by atoms with Crippen LogP contribution in [0.5, 0.6) is 0 Å². The van der Waals surface area contributed by atoms with Gasteiger partial charge in [-0.3, -0.25) is 9.59 Å². The SMILES string of the molecule is CC(=O)OC(=O)C(O)(CC=O)CC(=O)O. The molecule has 1 unspecified atom stereocenters. The molecule has 0 aliphatic heterocycles. The Balaban J connectivity index is 4.75. The van der Waals surface area contributed by atoms with Crippen molar-refractivity contribution >= 4 is 24.2 Å². The van der Waals surface area contributed by atoms with Gasteiger partial charge >= 0.3 is 17.9 Å². The van der Waals surface area contributed by atoms with E-state index in [9.17, 15) is 24.3 Å². The topological polar surface area (TPSA) is 118 Å². The van der Waals surface area contributed by atoms with Gasteiger partial charge in [0.1, 0.15) is 6.29 Å². The van der Waals surface area contributed by atoms with Crippen LogP contribution >= 0.6 is 0 Å². The van der Waals surface area contributed by atoms with Crippen molar-refractivity contribution < 1.29 is 34.1 Å². The van der Waals surface area contributed by atoms with E-state index in [1.165, 1.54) is 0 Å². The molecule has 0 spiro atoms. The summed E-state index contributed by atoms with van der Waals surface area (Å²) in [5.74, 6) is -3.92. The summed E-state index contributed by atoms with van der Waals surface area (Å²) in [6, 6.07) is 0. The summed E-state index contributed by atoms with van der Waals surface area (Å²) in [4.78, 5) is 41.9. The van der Waals surface area contributed by atoms with Crippen molar-refractivity contribution in [3.05, 3.63) is 0 Å². The van der Waals surface area contributed by atoms with E-state index in [4.69, 9.17) is 5.11 Å². The predicted octanol–water partition coefficient (Wildman–Crippen LogP) is -1.13. The number of hydrogen-bond donors (Lipinski definition) is 2. The van der Waals surface area contributed by atoms with Crippen LogP contribution in [0.25, 0.3) is 0 Å². The molecule has 0 aromatic rings. The van der Waals surface area contributed by atoms with Gasteiger partial charge in [-0.25, -0.2) is 4.79 Å². The molecular weight excluding hydrogens is 208 g/mol. The average molecular weight is 218 g/mol. The van der Waals surface area contributed by atoms with Crippen LogP contribution in [0.2, 0.25) is 0 Å². The Hall–Kier alpha value is -1.76. The van der Waals surface area contributed by atoms with Crippen LogP contribution in [-0.4, -0.2) is 40.0 Å². The fourth-order valence-electron chi connectivity index (χ4n) is 0.841. The lowest BCUT2D eigenvalue weighted by atomic mass is 9.96. The summed E-state index contributed by atoms with van der Waals surface area (Å²) in [5.41, 5.74) is -2.49. The lowest BCUT2D eigenvalue weighted by molar-refractivity contribution is -0.177. The van der Waals surface area contributed by atoms with Crippen molar-refractivity contribution in [1.29, 1.82) is 0 Å². The average Bonchev–Trinajstić information content (AvgIpc) is 2.01. The molecule has 2 N–H and O–H groups in total. The van der Waals surface area contributed by atoms with Crippen LogP contribution in [0.3, 0.4) is 0 Å². The van der Waals surface area contributed by atoms with Crippen molar-refractivity contribution in [3.8, 4) is 0 Å². The fourth-order valence-corrected chi connectivity index (χ4v) is 0.841. The number of aliphatic hydroxyl groups is 1. The molecule has 0 bridgehead atoms. The summed E-state index contributed by atoms with van der Waals surface area (Å²) in [6.07, 6.45) is -1.58. The van der Waals surface area contributed by atoms with E-state index in [0.29, 0.717) is 0 Å². The van der Waals surface area contributed by atoms with E-state index in [0.717, 1.165) is 6.92 Å². The third-order valence-corrected chi connectivity index (χ3v) is 1.48. The maximum absolute atomic E-state index is 11.1. The van der Waals surface area contributed by atoms with Gasteiger partial charge in [-0.05, 0) is 0 Å². The molecule has 1 atom stereocenters. The predicted molar refractivity (Wildman–Crippen MR) is 44.7 cm³/mol. The first-order valence-electron chi connectivity index (χ1n) is 3.92. The maximum atomic E-state index is 11.1. The summed E-state index contributed by atoms with van der Waals surface area (Å²) >= 11 is 0. The molecule has 0 aliphatic rings. The molecular formula is C8H10O7. The molecule has 0 heterocycles. The van der Waals surface area contributed by atoms with Gasteiger partial charge in [-0.15, -0.1) is 0 Å². The molecule has 0 amide bonds. The van der Waals surface area contributed by atoms with Crippen LogP contribution in [0, 0.1) is 0 Å². The minimum Gasteiger partial charge on any atom is -0.481 e. The Morgan fingerprint density at radius 1 is 1.40 bits per heavy atom. The highest BCUT2D eigenvalue weighted by Gasteiger charge is 2.40. The van der Waals surface area contributed by atoms with E-state index in [1.54, 1.807) is 0 Å². The number of carbonyl (C=O) groups is 4. The molecule has 0 fully saturated rings. The second-order valence-electron chi connectivity index (χ2n) is 2.85. The molecule has 0 aliphatic carbocycles. The van der Waals surface area contributed by atoms with Gasteiger partial charge in [0.15, 0.2) is 5.60 Å². The molecule has 15 heavy (non-hydrogen) atoms. The number of aldehydes is 1. The van der Waals surface area contributed by atoms with Crippen LogP contribution in [0.15, 0.2) is 0 Å². The minimum atomic E-state index is -2.49. The molecule has 0 saturated heterocycles. The first kappa shape index (κ1) is 13.2. The lowest BCUT2D eigenvalue weighted by Crippen LogP contribution is -2.43. The second-order valence-corrected chi connectivity index (χ2v) is 2.85. The van der Waals surface area contributed by atoms with Crippen molar-refractivity contribution in [1.82, 2.24) is 0 Å². The summed E-state index contributed by atoms with van der Waals surface area (Å²) in [6.45, 7) is 0.917.